The van der Waals surface area contributed by atoms with E-state index >= 15 is 0 Å². The fourth-order valence-corrected chi connectivity index (χ4v) is 6.50. The van der Waals surface area contributed by atoms with Crippen LogP contribution in [0.4, 0.5) is 5.13 Å². The molecule has 2 atom stereocenters. The van der Waals surface area contributed by atoms with Gasteiger partial charge in [-0.05, 0) is 69.2 Å². The van der Waals surface area contributed by atoms with E-state index in [-0.39, 0.29) is 17.9 Å². The molecule has 1 aliphatic carbocycles. The Morgan fingerprint density at radius 1 is 1.06 bits per heavy atom. The normalized spacial score (nSPS) is 20.1. The predicted octanol–water partition coefficient (Wildman–Crippen LogP) is 5.51. The van der Waals surface area contributed by atoms with Crippen LogP contribution >= 0.6 is 11.3 Å². The Bertz CT molecular complexity index is 1370. The minimum atomic E-state index is -0.0143. The van der Waals surface area contributed by atoms with Crippen LogP contribution in [0.25, 0.3) is 16.0 Å². The van der Waals surface area contributed by atoms with Crippen molar-refractivity contribution in [3.8, 4) is 5.69 Å². The van der Waals surface area contributed by atoms with E-state index in [1.54, 1.807) is 11.3 Å². The van der Waals surface area contributed by atoms with Gasteiger partial charge in [0, 0.05) is 13.1 Å². The van der Waals surface area contributed by atoms with Crippen LogP contribution in [-0.2, 0) is 11.2 Å². The largest absolute Gasteiger partial charge is 0.349 e. The lowest BCUT2D eigenvalue weighted by atomic mass is 9.87. The Labute approximate surface area is 210 Å². The maximum Gasteiger partial charge on any atom is 0.225 e. The molecule has 4 aromatic rings. The Hall–Kier alpha value is -3.19. The highest BCUT2D eigenvalue weighted by Crippen LogP contribution is 2.35. The Morgan fingerprint density at radius 3 is 2.74 bits per heavy atom. The Kier molecular flexibility index (Phi) is 5.80. The maximum atomic E-state index is 13.3. The highest BCUT2D eigenvalue weighted by atomic mass is 32.1. The van der Waals surface area contributed by atoms with E-state index in [1.807, 2.05) is 11.6 Å². The molecular weight excluding hydrogens is 454 g/mol. The zero-order valence-electron chi connectivity index (χ0n) is 20.3. The molecule has 180 valence electrons. The third-order valence-corrected chi connectivity index (χ3v) is 8.62. The van der Waals surface area contributed by atoms with Crippen molar-refractivity contribution in [2.45, 2.75) is 52.0 Å². The summed E-state index contributed by atoms with van der Waals surface area (Å²) in [7, 11) is 0. The summed E-state index contributed by atoms with van der Waals surface area (Å²) in [5.74, 6) is 0.166. The monoisotopic (exact) mass is 485 g/mol. The molecule has 1 N–H and O–H groups in total. The minimum Gasteiger partial charge on any atom is -0.349 e. The third kappa shape index (κ3) is 4.22. The maximum absolute atomic E-state index is 13.3. The average molecular weight is 486 g/mol. The van der Waals surface area contributed by atoms with Crippen LogP contribution < -0.4 is 10.2 Å². The van der Waals surface area contributed by atoms with Gasteiger partial charge in [0.1, 0.15) is 0 Å². The van der Waals surface area contributed by atoms with Crippen LogP contribution in [0.1, 0.15) is 54.1 Å². The third-order valence-electron chi connectivity index (χ3n) is 7.40. The quantitative estimate of drug-likeness (QED) is 0.414. The van der Waals surface area contributed by atoms with Crippen molar-refractivity contribution < 1.29 is 4.79 Å². The van der Waals surface area contributed by atoms with Gasteiger partial charge >= 0.3 is 0 Å². The van der Waals surface area contributed by atoms with Gasteiger partial charge in [-0.2, -0.15) is 10.1 Å². The molecule has 0 radical (unpaired) electrons. The predicted molar refractivity (Wildman–Crippen MR) is 141 cm³/mol. The molecule has 1 amide bonds. The van der Waals surface area contributed by atoms with Crippen molar-refractivity contribution in [2.75, 3.05) is 18.0 Å². The number of rotatable bonds is 4. The van der Waals surface area contributed by atoms with E-state index in [0.717, 1.165) is 65.5 Å². The number of aromatic nitrogens is 3. The highest BCUT2D eigenvalue weighted by molar-refractivity contribution is 7.22. The number of fused-ring (bicyclic) bond motifs is 2. The van der Waals surface area contributed by atoms with Crippen molar-refractivity contribution in [2.24, 2.45) is 5.92 Å². The molecule has 1 saturated heterocycles. The Balaban J connectivity index is 1.21. The number of nitrogens with zero attached hydrogens (tertiary/aromatic N) is 4. The van der Waals surface area contributed by atoms with Gasteiger partial charge in [-0.25, -0.2) is 4.68 Å². The average Bonchev–Trinajstić information content (AvgIpc) is 3.45. The van der Waals surface area contributed by atoms with Crippen molar-refractivity contribution in [3.05, 3.63) is 70.9 Å². The second-order valence-electron chi connectivity index (χ2n) is 9.92. The zero-order valence-corrected chi connectivity index (χ0v) is 21.1. The van der Waals surface area contributed by atoms with E-state index in [0.29, 0.717) is 6.54 Å². The minimum absolute atomic E-state index is 0.0143. The number of amides is 1. The molecule has 6 rings (SSSR count). The van der Waals surface area contributed by atoms with Gasteiger partial charge < -0.3 is 10.2 Å². The summed E-state index contributed by atoms with van der Waals surface area (Å²) in [5.41, 5.74) is 6.81. The number of carbonyl (C=O) groups excluding carboxylic acids is 1. The van der Waals surface area contributed by atoms with Gasteiger partial charge in [0.05, 0.1) is 28.0 Å². The van der Waals surface area contributed by atoms with Crippen LogP contribution in [0.3, 0.4) is 0 Å². The molecule has 2 aromatic carbocycles. The number of piperidine rings is 1. The smallest absolute Gasteiger partial charge is 0.225 e. The van der Waals surface area contributed by atoms with Crippen molar-refractivity contribution in [1.29, 1.82) is 0 Å². The summed E-state index contributed by atoms with van der Waals surface area (Å²) in [4.78, 5) is 20.6. The Morgan fingerprint density at radius 2 is 1.89 bits per heavy atom. The van der Waals surface area contributed by atoms with Gasteiger partial charge in [0.25, 0.3) is 0 Å². The second-order valence-corrected chi connectivity index (χ2v) is 10.9. The molecular formula is C28H31N5OS. The van der Waals surface area contributed by atoms with Gasteiger partial charge in [0.15, 0.2) is 10.8 Å². The molecule has 1 aliphatic heterocycles. The summed E-state index contributed by atoms with van der Waals surface area (Å²) in [6.07, 6.45) is 5.18. The van der Waals surface area contributed by atoms with E-state index < -0.39 is 0 Å². The number of benzene rings is 2. The number of anilines is 1. The van der Waals surface area contributed by atoms with Gasteiger partial charge in [0.2, 0.25) is 5.91 Å². The second kappa shape index (κ2) is 9.11. The van der Waals surface area contributed by atoms with Gasteiger partial charge in [-0.15, -0.1) is 0 Å². The topological polar surface area (TPSA) is 63.1 Å². The number of aryl methyl sites for hydroxylation is 3. The van der Waals surface area contributed by atoms with Crippen LogP contribution in [0, 0.1) is 19.8 Å². The fraction of sp³-hybridized carbons (Fsp3) is 0.393. The lowest BCUT2D eigenvalue weighted by Crippen LogP contribution is -2.44. The number of nitrogens with one attached hydrogen (secondary N) is 1. The zero-order chi connectivity index (χ0) is 23.9. The lowest BCUT2D eigenvalue weighted by Gasteiger charge is -2.33. The highest BCUT2D eigenvalue weighted by Gasteiger charge is 2.30. The summed E-state index contributed by atoms with van der Waals surface area (Å²) in [6, 6.07) is 17.1. The SMILES string of the molecule is Cc1ccc(-n2nc(C)c3sc(N4CCC[C@@H](C(=O)N[C@@H]5CCCc6ccccc65)C4)nc32)cc1. The van der Waals surface area contributed by atoms with Crippen LogP contribution in [0.15, 0.2) is 48.5 Å². The summed E-state index contributed by atoms with van der Waals surface area (Å²) >= 11 is 1.69. The van der Waals surface area contributed by atoms with Crippen molar-refractivity contribution in [1.82, 2.24) is 20.1 Å². The van der Waals surface area contributed by atoms with E-state index in [9.17, 15) is 4.79 Å². The molecule has 0 spiro atoms. The molecule has 35 heavy (non-hydrogen) atoms. The molecule has 0 saturated carbocycles. The van der Waals surface area contributed by atoms with Crippen molar-refractivity contribution in [3.63, 3.8) is 0 Å². The lowest BCUT2D eigenvalue weighted by molar-refractivity contribution is -0.126. The molecule has 7 heteroatoms. The van der Waals surface area contributed by atoms with E-state index in [4.69, 9.17) is 10.1 Å². The number of hydrogen-bond acceptors (Lipinski definition) is 5. The number of carbonyl (C=O) groups is 1. The summed E-state index contributed by atoms with van der Waals surface area (Å²) in [6.45, 7) is 5.78. The molecule has 3 heterocycles. The molecule has 6 nitrogen and oxygen atoms in total. The number of hydrogen-bond donors (Lipinski definition) is 1. The first-order valence-corrected chi connectivity index (χ1v) is 13.4. The first kappa shape index (κ1) is 22.3. The van der Waals surface area contributed by atoms with Crippen LogP contribution in [-0.4, -0.2) is 33.8 Å². The molecule has 2 aliphatic rings. The van der Waals surface area contributed by atoms with Gasteiger partial charge in [-0.3, -0.25) is 4.79 Å². The molecule has 1 fully saturated rings. The fourth-order valence-electron chi connectivity index (χ4n) is 5.48. The number of thiazole rings is 1. The van der Waals surface area contributed by atoms with Gasteiger partial charge in [-0.1, -0.05) is 53.3 Å². The first-order chi connectivity index (χ1) is 17.1. The van der Waals surface area contributed by atoms with E-state index in [2.05, 4.69) is 65.7 Å². The van der Waals surface area contributed by atoms with E-state index in [1.165, 1.54) is 16.7 Å². The van der Waals surface area contributed by atoms with Crippen LogP contribution in [0.5, 0.6) is 0 Å². The summed E-state index contributed by atoms with van der Waals surface area (Å²) < 4.78 is 3.06. The van der Waals surface area contributed by atoms with Crippen molar-refractivity contribution >= 4 is 32.7 Å². The molecule has 2 aromatic heterocycles. The standard InChI is InChI=1S/C28H31N5OS/c1-18-12-14-22(15-13-18)33-26-25(19(2)31-33)35-28(30-26)32-16-6-9-21(17-32)27(34)29-24-11-5-8-20-7-3-4-10-23(20)24/h3-4,7,10,12-15,21,24H,5-6,8-9,11,16-17H2,1-2H3,(H,29,34)/t21-,24-/m1/s1. The molecule has 0 unspecified atom stereocenters. The van der Waals surface area contributed by atoms with Crippen LogP contribution in [0.2, 0.25) is 0 Å². The summed E-state index contributed by atoms with van der Waals surface area (Å²) in [5, 5.41) is 9.12. The molecule has 0 bridgehead atoms. The first-order valence-electron chi connectivity index (χ1n) is 12.6.